The highest BCUT2D eigenvalue weighted by atomic mass is 16.8. The summed E-state index contributed by atoms with van der Waals surface area (Å²) in [5.74, 6) is 0.284. The van der Waals surface area contributed by atoms with Crippen molar-refractivity contribution in [2.75, 3.05) is 32.9 Å². The number of aliphatic hydroxyl groups excluding tert-OH is 6. The summed E-state index contributed by atoms with van der Waals surface area (Å²) in [7, 11) is 0. The summed E-state index contributed by atoms with van der Waals surface area (Å²) in [6.07, 6.45) is -5.55. The molecule has 1 aromatic carbocycles. The Labute approximate surface area is 287 Å². The normalized spacial score (nSPS) is 34.7. The van der Waals surface area contributed by atoms with Crippen molar-refractivity contribution in [1.29, 1.82) is 0 Å². The van der Waals surface area contributed by atoms with E-state index in [4.69, 9.17) is 23.7 Å². The van der Waals surface area contributed by atoms with Crippen LogP contribution in [-0.2, 0) is 31.8 Å². The van der Waals surface area contributed by atoms with Gasteiger partial charge in [0.1, 0.15) is 42.4 Å². The Hall–Kier alpha value is -2.43. The maximum absolute atomic E-state index is 13.6. The molecular weight excluding hydrogens is 638 g/mol. The van der Waals surface area contributed by atoms with E-state index in [-0.39, 0.29) is 6.61 Å². The smallest absolute Gasteiger partial charge is 0.338 e. The van der Waals surface area contributed by atoms with E-state index in [1.165, 1.54) is 6.42 Å². The minimum Gasteiger partial charge on any atom is -0.462 e. The lowest BCUT2D eigenvalue weighted by molar-refractivity contribution is -0.348. The molecule has 0 aromatic heterocycles. The third kappa shape index (κ3) is 8.90. The Morgan fingerprint density at radius 2 is 1.57 bits per heavy atom. The van der Waals surface area contributed by atoms with Crippen LogP contribution in [0.4, 0.5) is 0 Å². The molecule has 0 bridgehead atoms. The predicted octanol–water partition coefficient (Wildman–Crippen LogP) is 0.987. The van der Waals surface area contributed by atoms with Crippen LogP contribution in [0.25, 0.3) is 0 Å². The van der Waals surface area contributed by atoms with Crippen LogP contribution >= 0.6 is 0 Å². The molecule has 0 aliphatic carbocycles. The van der Waals surface area contributed by atoms with E-state index in [1.807, 2.05) is 39.8 Å². The number of fused-ring (bicyclic) bond motifs is 1. The van der Waals surface area contributed by atoms with Crippen LogP contribution in [-0.4, -0.2) is 136 Å². The number of hydrogen-bond acceptors (Lipinski definition) is 13. The van der Waals surface area contributed by atoms with Crippen molar-refractivity contribution in [3.63, 3.8) is 0 Å². The molecule has 0 saturated carbocycles. The van der Waals surface area contributed by atoms with Crippen LogP contribution in [0.2, 0.25) is 0 Å². The van der Waals surface area contributed by atoms with Gasteiger partial charge in [-0.3, -0.25) is 4.90 Å². The molecule has 11 atom stereocenters. The number of aliphatic hydroxyl groups is 6. The number of benzene rings is 1. The molecule has 6 N–H and O–H groups in total. The zero-order valence-electron chi connectivity index (χ0n) is 28.8. The van der Waals surface area contributed by atoms with Gasteiger partial charge in [-0.25, -0.2) is 4.79 Å². The van der Waals surface area contributed by atoms with Crippen molar-refractivity contribution < 1.29 is 59.1 Å². The summed E-state index contributed by atoms with van der Waals surface area (Å²) in [5, 5.41) is 62.3. The first-order valence-electron chi connectivity index (χ1n) is 17.3. The first-order chi connectivity index (χ1) is 23.4. The van der Waals surface area contributed by atoms with Crippen LogP contribution in [0, 0.1) is 5.92 Å². The topological polar surface area (TPSA) is 188 Å². The van der Waals surface area contributed by atoms with E-state index >= 15 is 0 Å². The standard InChI is InChI=1S/C36H53NO12/c1-19(2)7-9-21-14-24(34(44)45-17-23-11-13-37-12-5-6-25(23)37)15-22(10-8-20(3)4)32(21)48-36-33(28(40)26(39)18-46-36)49-35-31(43)30(42)29(41)27(16-38)47-35/h7-8,14-15,23,25-31,33,35-36,38-43H,5-6,9-13,16-18H2,1-4H3/t23-,25-,26+,27-,28+,29-,30+,31-,33-,35+,36+/m1/s1. The molecule has 13 nitrogen and oxygen atoms in total. The third-order valence-electron chi connectivity index (χ3n) is 9.92. The van der Waals surface area contributed by atoms with E-state index in [2.05, 4.69) is 4.90 Å². The number of carbonyl (C=O) groups excluding carboxylic acids is 1. The number of hydrogen-bond donors (Lipinski definition) is 6. The van der Waals surface area contributed by atoms with Crippen LogP contribution in [0.5, 0.6) is 5.75 Å². The first-order valence-corrected chi connectivity index (χ1v) is 17.3. The van der Waals surface area contributed by atoms with Crippen LogP contribution in [0.15, 0.2) is 35.4 Å². The van der Waals surface area contributed by atoms with Gasteiger partial charge >= 0.3 is 5.97 Å². The van der Waals surface area contributed by atoms with Crippen molar-refractivity contribution in [2.45, 2.75) is 121 Å². The molecule has 5 rings (SSSR count). The minimum atomic E-state index is -1.75. The zero-order valence-corrected chi connectivity index (χ0v) is 28.8. The average Bonchev–Trinajstić information content (AvgIpc) is 3.70. The summed E-state index contributed by atoms with van der Waals surface area (Å²) in [6.45, 7) is 9.38. The Kier molecular flexibility index (Phi) is 12.9. The molecule has 4 fully saturated rings. The molecule has 0 spiro atoms. The average molecular weight is 692 g/mol. The van der Waals surface area contributed by atoms with Crippen LogP contribution in [0.1, 0.15) is 68.4 Å². The number of esters is 1. The summed E-state index contributed by atoms with van der Waals surface area (Å²) < 4.78 is 29.6. The number of ether oxygens (including phenoxy) is 5. The van der Waals surface area contributed by atoms with E-state index in [0.717, 1.165) is 37.1 Å². The second-order valence-corrected chi connectivity index (χ2v) is 14.2. The SMILES string of the molecule is CC(C)=CCc1cc(C(=O)OC[C@H]2CCN3CCC[C@H]23)cc(CC=C(C)C)c1O[C@@H]1OC[C@H](O)[C@H](O)[C@H]1O[C@@H]1O[C@H](CO)[C@@H](O)[C@H](O)[C@H]1O. The van der Waals surface area contributed by atoms with Gasteiger partial charge in [-0.2, -0.15) is 0 Å². The number of allylic oxidation sites excluding steroid dienone is 4. The molecule has 0 radical (unpaired) electrons. The molecule has 49 heavy (non-hydrogen) atoms. The van der Waals surface area contributed by atoms with Crippen LogP contribution in [0.3, 0.4) is 0 Å². The molecule has 4 saturated heterocycles. The lowest BCUT2D eigenvalue weighted by Crippen LogP contribution is -2.63. The van der Waals surface area contributed by atoms with Crippen molar-refractivity contribution in [3.8, 4) is 5.75 Å². The lowest BCUT2D eigenvalue weighted by Gasteiger charge is -2.44. The lowest BCUT2D eigenvalue weighted by atomic mass is 9.97. The van der Waals surface area contributed by atoms with Gasteiger partial charge in [0, 0.05) is 12.0 Å². The molecule has 0 amide bonds. The maximum Gasteiger partial charge on any atom is 0.338 e. The van der Waals surface area contributed by atoms with Gasteiger partial charge in [-0.15, -0.1) is 0 Å². The number of carbonyl (C=O) groups is 1. The highest BCUT2D eigenvalue weighted by Gasteiger charge is 2.49. The molecule has 13 heteroatoms. The molecule has 4 heterocycles. The molecule has 0 unspecified atom stereocenters. The van der Waals surface area contributed by atoms with Gasteiger partial charge < -0.3 is 54.3 Å². The second-order valence-electron chi connectivity index (χ2n) is 14.2. The molecule has 4 aliphatic rings. The number of rotatable bonds is 12. The van der Waals surface area contributed by atoms with E-state index in [9.17, 15) is 35.4 Å². The highest BCUT2D eigenvalue weighted by Crippen LogP contribution is 2.35. The van der Waals surface area contributed by atoms with Crippen molar-refractivity contribution in [2.24, 2.45) is 5.92 Å². The Balaban J connectivity index is 1.44. The summed E-state index contributed by atoms with van der Waals surface area (Å²) in [5.41, 5.74) is 3.79. The monoisotopic (exact) mass is 691 g/mol. The third-order valence-corrected chi connectivity index (χ3v) is 9.92. The van der Waals surface area contributed by atoms with Gasteiger partial charge in [0.25, 0.3) is 0 Å². The summed E-state index contributed by atoms with van der Waals surface area (Å²) in [6, 6.07) is 3.94. The molecule has 274 valence electrons. The van der Waals surface area contributed by atoms with Crippen molar-refractivity contribution in [3.05, 3.63) is 52.1 Å². The van der Waals surface area contributed by atoms with Gasteiger partial charge in [0.15, 0.2) is 12.4 Å². The first kappa shape index (κ1) is 37.8. The molecule has 1 aromatic rings. The Morgan fingerprint density at radius 1 is 0.898 bits per heavy atom. The molecule has 4 aliphatic heterocycles. The van der Waals surface area contributed by atoms with Gasteiger partial charge in [0.2, 0.25) is 6.29 Å². The number of nitrogens with zero attached hydrogens (tertiary/aromatic N) is 1. The van der Waals surface area contributed by atoms with Gasteiger partial charge in [-0.1, -0.05) is 23.3 Å². The van der Waals surface area contributed by atoms with Gasteiger partial charge in [-0.05, 0) is 96.1 Å². The quantitative estimate of drug-likeness (QED) is 0.135. The van der Waals surface area contributed by atoms with Gasteiger partial charge in [0.05, 0.1) is 25.4 Å². The summed E-state index contributed by atoms with van der Waals surface area (Å²) >= 11 is 0. The summed E-state index contributed by atoms with van der Waals surface area (Å²) in [4.78, 5) is 16.0. The van der Waals surface area contributed by atoms with E-state index in [0.29, 0.717) is 53.8 Å². The van der Waals surface area contributed by atoms with E-state index in [1.54, 1.807) is 12.1 Å². The predicted molar refractivity (Wildman–Crippen MR) is 177 cm³/mol. The fourth-order valence-electron chi connectivity index (χ4n) is 7.07. The van der Waals surface area contributed by atoms with Crippen molar-refractivity contribution in [1.82, 2.24) is 4.90 Å². The van der Waals surface area contributed by atoms with Crippen LogP contribution < -0.4 is 4.74 Å². The Morgan fingerprint density at radius 3 is 2.20 bits per heavy atom. The largest absolute Gasteiger partial charge is 0.462 e. The Bertz CT molecular complexity index is 1300. The fraction of sp³-hybridized carbons (Fsp3) is 0.694. The van der Waals surface area contributed by atoms with Crippen molar-refractivity contribution >= 4 is 5.97 Å². The molecular formula is C36H53NO12. The second kappa shape index (κ2) is 16.7. The van der Waals surface area contributed by atoms with E-state index < -0.39 is 67.9 Å². The maximum atomic E-state index is 13.6. The minimum absolute atomic E-state index is 0.295. The fourth-order valence-corrected chi connectivity index (χ4v) is 7.07. The zero-order chi connectivity index (χ0) is 35.4. The highest BCUT2D eigenvalue weighted by molar-refractivity contribution is 5.90.